The molecule has 0 amide bonds. The van der Waals surface area contributed by atoms with Crippen molar-refractivity contribution in [1.29, 1.82) is 0 Å². The molecule has 31 heavy (non-hydrogen) atoms. The minimum absolute atomic E-state index is 0.0747. The van der Waals surface area contributed by atoms with Crippen LogP contribution < -0.4 is 14.2 Å². The zero-order chi connectivity index (χ0) is 21.8. The van der Waals surface area contributed by atoms with Gasteiger partial charge in [0.2, 0.25) is 5.88 Å². The van der Waals surface area contributed by atoms with Gasteiger partial charge in [-0.2, -0.15) is 0 Å². The summed E-state index contributed by atoms with van der Waals surface area (Å²) in [5, 5.41) is 11.3. The van der Waals surface area contributed by atoms with Crippen LogP contribution in [0.15, 0.2) is 67.0 Å². The highest BCUT2D eigenvalue weighted by Crippen LogP contribution is 2.37. The van der Waals surface area contributed by atoms with E-state index < -0.39 is 10.7 Å². The zero-order valence-corrected chi connectivity index (χ0v) is 16.3. The van der Waals surface area contributed by atoms with Gasteiger partial charge < -0.3 is 14.2 Å². The van der Waals surface area contributed by atoms with E-state index in [0.29, 0.717) is 29.0 Å². The lowest BCUT2D eigenvalue weighted by Crippen LogP contribution is -1.99. The normalized spacial score (nSPS) is 10.6. The standard InChI is InChI=1S/C22H16FN3O5/c1-29-20-10-16-18(11-21(20)30-12-14-5-3-2-4-6-14)24-13-25-22(16)31-19-8-7-15(26(27)28)9-17(19)23/h2-11,13H,12H2,1H3. The molecular formula is C22H16FN3O5. The monoisotopic (exact) mass is 421 g/mol. The molecule has 0 saturated heterocycles. The third-order valence-corrected chi connectivity index (χ3v) is 4.45. The fourth-order valence-electron chi connectivity index (χ4n) is 2.92. The number of benzene rings is 3. The van der Waals surface area contributed by atoms with E-state index in [1.165, 1.54) is 19.5 Å². The molecule has 0 N–H and O–H groups in total. The second-order valence-corrected chi connectivity index (χ2v) is 6.45. The Morgan fingerprint density at radius 1 is 1.00 bits per heavy atom. The summed E-state index contributed by atoms with van der Waals surface area (Å²) in [5.74, 6) is -0.104. The fraction of sp³-hybridized carbons (Fsp3) is 0.0909. The third kappa shape index (κ3) is 4.35. The maximum absolute atomic E-state index is 14.2. The minimum atomic E-state index is -0.879. The van der Waals surface area contributed by atoms with Crippen LogP contribution in [-0.4, -0.2) is 22.0 Å². The predicted octanol–water partition coefficient (Wildman–Crippen LogP) is 5.06. The van der Waals surface area contributed by atoms with Crippen molar-refractivity contribution < 1.29 is 23.5 Å². The number of hydrogen-bond acceptors (Lipinski definition) is 7. The van der Waals surface area contributed by atoms with E-state index in [2.05, 4.69) is 9.97 Å². The first-order valence-electron chi connectivity index (χ1n) is 9.16. The van der Waals surface area contributed by atoms with Crippen molar-refractivity contribution in [3.05, 3.63) is 88.5 Å². The average molecular weight is 421 g/mol. The van der Waals surface area contributed by atoms with Crippen LogP contribution in [0, 0.1) is 15.9 Å². The van der Waals surface area contributed by atoms with Gasteiger partial charge in [-0.15, -0.1) is 0 Å². The van der Waals surface area contributed by atoms with Gasteiger partial charge in [-0.3, -0.25) is 10.1 Å². The molecule has 1 heterocycles. The number of fused-ring (bicyclic) bond motifs is 1. The first-order chi connectivity index (χ1) is 15.0. The number of halogens is 1. The van der Waals surface area contributed by atoms with Crippen LogP contribution in [0.25, 0.3) is 10.9 Å². The van der Waals surface area contributed by atoms with Crippen LogP contribution in [0.5, 0.6) is 23.1 Å². The van der Waals surface area contributed by atoms with Crippen molar-refractivity contribution in [3.8, 4) is 23.1 Å². The summed E-state index contributed by atoms with van der Waals surface area (Å²) < 4.78 is 31.1. The lowest BCUT2D eigenvalue weighted by Gasteiger charge is -2.13. The van der Waals surface area contributed by atoms with E-state index in [0.717, 1.165) is 17.7 Å². The van der Waals surface area contributed by atoms with Crippen LogP contribution in [0.4, 0.5) is 10.1 Å². The quantitative estimate of drug-likeness (QED) is 0.304. The fourth-order valence-corrected chi connectivity index (χ4v) is 2.92. The largest absolute Gasteiger partial charge is 0.493 e. The summed E-state index contributed by atoms with van der Waals surface area (Å²) >= 11 is 0. The Bertz CT molecular complexity index is 1250. The van der Waals surface area contributed by atoms with Gasteiger partial charge in [0, 0.05) is 12.1 Å². The van der Waals surface area contributed by atoms with Gasteiger partial charge in [-0.05, 0) is 17.7 Å². The zero-order valence-electron chi connectivity index (χ0n) is 16.3. The Hall–Kier alpha value is -4.27. The minimum Gasteiger partial charge on any atom is -0.493 e. The van der Waals surface area contributed by atoms with Crippen molar-refractivity contribution in [2.24, 2.45) is 0 Å². The topological polar surface area (TPSA) is 96.6 Å². The smallest absolute Gasteiger partial charge is 0.272 e. The number of nitro benzene ring substituents is 1. The SMILES string of the molecule is COc1cc2c(Oc3ccc([N+](=O)[O-])cc3F)ncnc2cc1OCc1ccccc1. The number of aromatic nitrogens is 2. The molecule has 0 spiro atoms. The number of nitrogens with zero attached hydrogens (tertiary/aromatic N) is 3. The summed E-state index contributed by atoms with van der Waals surface area (Å²) in [4.78, 5) is 18.4. The Kier molecular flexibility index (Phi) is 5.57. The van der Waals surface area contributed by atoms with Gasteiger partial charge in [-0.25, -0.2) is 14.4 Å². The molecular weight excluding hydrogens is 405 g/mol. The van der Waals surface area contributed by atoms with Crippen molar-refractivity contribution in [2.45, 2.75) is 6.61 Å². The van der Waals surface area contributed by atoms with Gasteiger partial charge >= 0.3 is 0 Å². The molecule has 0 bridgehead atoms. The Morgan fingerprint density at radius 2 is 1.81 bits per heavy atom. The predicted molar refractivity (Wildman–Crippen MR) is 110 cm³/mol. The Morgan fingerprint density at radius 3 is 2.52 bits per heavy atom. The van der Waals surface area contributed by atoms with E-state index in [4.69, 9.17) is 14.2 Å². The Balaban J connectivity index is 1.66. The molecule has 0 atom stereocenters. The first-order valence-corrected chi connectivity index (χ1v) is 9.16. The van der Waals surface area contributed by atoms with Crippen molar-refractivity contribution in [2.75, 3.05) is 7.11 Å². The van der Waals surface area contributed by atoms with E-state index in [1.807, 2.05) is 30.3 Å². The van der Waals surface area contributed by atoms with Gasteiger partial charge in [0.25, 0.3) is 5.69 Å². The summed E-state index contributed by atoms with van der Waals surface area (Å²) in [6, 6.07) is 16.1. The molecule has 3 aromatic carbocycles. The average Bonchev–Trinajstić information content (AvgIpc) is 2.79. The lowest BCUT2D eigenvalue weighted by atomic mass is 10.2. The molecule has 0 aliphatic carbocycles. The van der Waals surface area contributed by atoms with E-state index >= 15 is 0 Å². The maximum Gasteiger partial charge on any atom is 0.272 e. The van der Waals surface area contributed by atoms with Crippen molar-refractivity contribution in [1.82, 2.24) is 9.97 Å². The highest BCUT2D eigenvalue weighted by Gasteiger charge is 2.16. The van der Waals surface area contributed by atoms with Crippen LogP contribution >= 0.6 is 0 Å². The number of rotatable bonds is 7. The maximum atomic E-state index is 14.2. The van der Waals surface area contributed by atoms with Gasteiger partial charge in [-0.1, -0.05) is 30.3 Å². The molecule has 0 saturated carbocycles. The van der Waals surface area contributed by atoms with Crippen LogP contribution in [0.2, 0.25) is 0 Å². The number of methoxy groups -OCH3 is 1. The van der Waals surface area contributed by atoms with E-state index in [9.17, 15) is 14.5 Å². The molecule has 9 heteroatoms. The first kappa shape index (κ1) is 20.0. The third-order valence-electron chi connectivity index (χ3n) is 4.45. The summed E-state index contributed by atoms with van der Waals surface area (Å²) in [7, 11) is 1.50. The second-order valence-electron chi connectivity index (χ2n) is 6.45. The highest BCUT2D eigenvalue weighted by atomic mass is 19.1. The number of hydrogen-bond donors (Lipinski definition) is 0. The molecule has 0 unspecified atom stereocenters. The molecule has 0 fully saturated rings. The Labute approximate surface area is 176 Å². The summed E-state index contributed by atoms with van der Waals surface area (Å²) in [6.07, 6.45) is 1.27. The van der Waals surface area contributed by atoms with Crippen LogP contribution in [-0.2, 0) is 6.61 Å². The van der Waals surface area contributed by atoms with E-state index in [-0.39, 0.29) is 17.3 Å². The van der Waals surface area contributed by atoms with Gasteiger partial charge in [0.05, 0.1) is 29.0 Å². The molecule has 0 radical (unpaired) electrons. The molecule has 0 aliphatic rings. The second kappa shape index (κ2) is 8.62. The molecule has 4 aromatic rings. The van der Waals surface area contributed by atoms with Gasteiger partial charge in [0.1, 0.15) is 12.9 Å². The van der Waals surface area contributed by atoms with E-state index in [1.54, 1.807) is 12.1 Å². The number of non-ortho nitro benzene ring substituents is 1. The molecule has 156 valence electrons. The molecule has 8 nitrogen and oxygen atoms in total. The molecule has 1 aromatic heterocycles. The number of ether oxygens (including phenoxy) is 3. The summed E-state index contributed by atoms with van der Waals surface area (Å²) in [5.41, 5.74) is 1.11. The molecule has 4 rings (SSSR count). The summed E-state index contributed by atoms with van der Waals surface area (Å²) in [6.45, 7) is 0.338. The number of nitro groups is 1. The van der Waals surface area contributed by atoms with Crippen LogP contribution in [0.3, 0.4) is 0 Å². The van der Waals surface area contributed by atoms with Gasteiger partial charge in [0.15, 0.2) is 23.1 Å². The van der Waals surface area contributed by atoms with Crippen LogP contribution in [0.1, 0.15) is 5.56 Å². The highest BCUT2D eigenvalue weighted by molar-refractivity contribution is 5.87. The molecule has 0 aliphatic heterocycles. The lowest BCUT2D eigenvalue weighted by molar-refractivity contribution is -0.385. The van der Waals surface area contributed by atoms with Crippen molar-refractivity contribution in [3.63, 3.8) is 0 Å². The van der Waals surface area contributed by atoms with Crippen molar-refractivity contribution >= 4 is 16.6 Å².